The van der Waals surface area contributed by atoms with E-state index in [1.807, 2.05) is 0 Å². The lowest BCUT2D eigenvalue weighted by molar-refractivity contribution is 0.0310. The van der Waals surface area contributed by atoms with E-state index in [0.717, 1.165) is 19.3 Å². The molecule has 1 saturated carbocycles. The molecule has 1 heterocycles. The molecule has 4 unspecified atom stereocenters. The summed E-state index contributed by atoms with van der Waals surface area (Å²) < 4.78 is 23.6. The second-order valence-electron chi connectivity index (χ2n) is 6.07. The van der Waals surface area contributed by atoms with Gasteiger partial charge < -0.3 is 0 Å². The van der Waals surface area contributed by atoms with Gasteiger partial charge in [-0.15, -0.1) is 0 Å². The molecule has 0 spiro atoms. The van der Waals surface area contributed by atoms with E-state index >= 15 is 0 Å². The lowest BCUT2D eigenvalue weighted by Crippen LogP contribution is -2.57. The summed E-state index contributed by atoms with van der Waals surface area (Å²) in [6.07, 6.45) is 7.87. The van der Waals surface area contributed by atoms with Crippen molar-refractivity contribution in [3.8, 4) is 0 Å². The number of piperidine rings is 1. The second kappa shape index (κ2) is 5.47. The topological polar surface area (TPSA) is 49.4 Å². The van der Waals surface area contributed by atoms with Crippen LogP contribution in [-0.2, 0) is 9.84 Å². The Hall–Kier alpha value is -0.130. The Bertz CT molecular complexity index is 372. The Balaban J connectivity index is 2.03. The van der Waals surface area contributed by atoms with E-state index in [1.54, 1.807) is 0 Å². The maximum atomic E-state index is 11.8. The van der Waals surface area contributed by atoms with Crippen LogP contribution in [-0.4, -0.2) is 43.1 Å². The van der Waals surface area contributed by atoms with Crippen LogP contribution in [0.1, 0.15) is 52.4 Å². The van der Waals surface area contributed by atoms with Gasteiger partial charge in [0.05, 0.1) is 5.25 Å². The van der Waals surface area contributed by atoms with E-state index in [-0.39, 0.29) is 11.3 Å². The lowest BCUT2D eigenvalue weighted by Gasteiger charge is -2.41. The van der Waals surface area contributed by atoms with Crippen LogP contribution in [0.15, 0.2) is 0 Å². The van der Waals surface area contributed by atoms with E-state index in [9.17, 15) is 8.42 Å². The van der Waals surface area contributed by atoms with Gasteiger partial charge in [0.2, 0.25) is 0 Å². The van der Waals surface area contributed by atoms with Gasteiger partial charge >= 0.3 is 0 Å². The van der Waals surface area contributed by atoms with Crippen LogP contribution in [0.2, 0.25) is 0 Å². The summed E-state index contributed by atoms with van der Waals surface area (Å²) in [5.74, 6) is 0. The minimum Gasteiger partial charge on any atom is -0.250 e. The molecule has 0 radical (unpaired) electrons. The summed E-state index contributed by atoms with van der Waals surface area (Å²) >= 11 is 0. The van der Waals surface area contributed by atoms with Crippen molar-refractivity contribution in [3.63, 3.8) is 0 Å². The highest BCUT2D eigenvalue weighted by Crippen LogP contribution is 2.28. The molecule has 18 heavy (non-hydrogen) atoms. The van der Waals surface area contributed by atoms with Crippen LogP contribution in [0.4, 0.5) is 0 Å². The lowest BCUT2D eigenvalue weighted by atomic mass is 9.99. The molecule has 1 aliphatic carbocycles. The highest BCUT2D eigenvalue weighted by atomic mass is 32.2. The first-order chi connectivity index (χ1) is 8.39. The summed E-state index contributed by atoms with van der Waals surface area (Å²) in [4.78, 5) is 0. The van der Waals surface area contributed by atoms with Gasteiger partial charge in [-0.1, -0.05) is 12.8 Å². The number of nitrogens with zero attached hydrogens (tertiary/aromatic N) is 1. The summed E-state index contributed by atoms with van der Waals surface area (Å²) in [6, 6.07) is 1.13. The first-order valence-electron chi connectivity index (χ1n) is 7.13. The standard InChI is InChI=1S/C13H26N2O2S/c1-10-6-4-7-11(2)15(10)14-12-8-5-9-13(12)18(3,16)17/h10-14H,4-9H2,1-3H3. The van der Waals surface area contributed by atoms with Crippen LogP contribution in [0.5, 0.6) is 0 Å². The van der Waals surface area contributed by atoms with E-state index in [4.69, 9.17) is 0 Å². The first-order valence-corrected chi connectivity index (χ1v) is 9.08. The van der Waals surface area contributed by atoms with Crippen molar-refractivity contribution in [1.82, 2.24) is 10.4 Å². The molecule has 0 bridgehead atoms. The van der Waals surface area contributed by atoms with Gasteiger partial charge in [0.25, 0.3) is 0 Å². The van der Waals surface area contributed by atoms with Gasteiger partial charge in [0, 0.05) is 24.4 Å². The van der Waals surface area contributed by atoms with Crippen LogP contribution in [0.25, 0.3) is 0 Å². The third-order valence-corrected chi connectivity index (χ3v) is 6.18. The predicted molar refractivity (Wildman–Crippen MR) is 74.0 cm³/mol. The average molecular weight is 274 g/mol. The molecular formula is C13H26N2O2S. The molecule has 4 nitrogen and oxygen atoms in total. The van der Waals surface area contributed by atoms with Crippen molar-refractivity contribution in [2.75, 3.05) is 6.26 Å². The zero-order valence-corrected chi connectivity index (χ0v) is 12.5. The SMILES string of the molecule is CC1CCCC(C)N1NC1CCCC1S(C)(=O)=O. The van der Waals surface area contributed by atoms with E-state index in [1.165, 1.54) is 25.5 Å². The molecular weight excluding hydrogens is 248 g/mol. The number of rotatable bonds is 3. The minimum absolute atomic E-state index is 0.114. The Kier molecular flexibility index (Phi) is 4.34. The number of hydrazine groups is 1. The Labute approximate surface area is 111 Å². The van der Waals surface area contributed by atoms with Crippen molar-refractivity contribution in [1.29, 1.82) is 0 Å². The quantitative estimate of drug-likeness (QED) is 0.851. The maximum Gasteiger partial charge on any atom is 0.151 e. The normalized spacial score (nSPS) is 39.1. The fourth-order valence-electron chi connectivity index (χ4n) is 3.45. The van der Waals surface area contributed by atoms with Crippen molar-refractivity contribution < 1.29 is 8.42 Å². The Morgan fingerprint density at radius 3 is 2.11 bits per heavy atom. The van der Waals surface area contributed by atoms with Crippen molar-refractivity contribution in [2.24, 2.45) is 0 Å². The fraction of sp³-hybridized carbons (Fsp3) is 1.00. The van der Waals surface area contributed by atoms with Crippen molar-refractivity contribution >= 4 is 9.84 Å². The second-order valence-corrected chi connectivity index (χ2v) is 8.34. The monoisotopic (exact) mass is 274 g/mol. The van der Waals surface area contributed by atoms with Crippen molar-refractivity contribution in [2.45, 2.75) is 75.7 Å². The van der Waals surface area contributed by atoms with Gasteiger partial charge in [-0.2, -0.15) is 0 Å². The first kappa shape index (κ1) is 14.3. The summed E-state index contributed by atoms with van der Waals surface area (Å²) in [7, 11) is -2.93. The molecule has 4 atom stereocenters. The van der Waals surface area contributed by atoms with E-state index in [0.29, 0.717) is 12.1 Å². The Morgan fingerprint density at radius 1 is 1.00 bits per heavy atom. The number of sulfone groups is 1. The predicted octanol–water partition coefficient (Wildman–Crippen LogP) is 1.72. The molecule has 2 rings (SSSR count). The van der Waals surface area contributed by atoms with E-state index in [2.05, 4.69) is 24.3 Å². The minimum atomic E-state index is -2.93. The number of nitrogens with one attached hydrogen (secondary N) is 1. The third-order valence-electron chi connectivity index (χ3n) is 4.51. The molecule has 2 fully saturated rings. The van der Waals surface area contributed by atoms with Gasteiger partial charge in [-0.25, -0.2) is 13.4 Å². The molecule has 0 amide bonds. The van der Waals surface area contributed by atoms with Gasteiger partial charge in [0.1, 0.15) is 0 Å². The molecule has 106 valence electrons. The van der Waals surface area contributed by atoms with Crippen LogP contribution in [0.3, 0.4) is 0 Å². The molecule has 0 aromatic carbocycles. The summed E-state index contributed by atoms with van der Waals surface area (Å²) in [5, 5.41) is 2.11. The van der Waals surface area contributed by atoms with Crippen LogP contribution >= 0.6 is 0 Å². The molecule has 1 saturated heterocycles. The summed E-state index contributed by atoms with van der Waals surface area (Å²) in [6.45, 7) is 4.46. The van der Waals surface area contributed by atoms with Gasteiger partial charge in [0.15, 0.2) is 9.84 Å². The summed E-state index contributed by atoms with van der Waals surface area (Å²) in [5.41, 5.74) is 3.53. The smallest absolute Gasteiger partial charge is 0.151 e. The largest absolute Gasteiger partial charge is 0.250 e. The molecule has 1 aliphatic heterocycles. The van der Waals surface area contributed by atoms with Gasteiger partial charge in [-0.05, 0) is 39.5 Å². The molecule has 2 aliphatic rings. The number of hydrogen-bond donors (Lipinski definition) is 1. The fourth-order valence-corrected chi connectivity index (χ4v) is 4.84. The average Bonchev–Trinajstić information content (AvgIpc) is 2.71. The molecule has 0 aromatic heterocycles. The van der Waals surface area contributed by atoms with Gasteiger partial charge in [-0.3, -0.25) is 5.43 Å². The van der Waals surface area contributed by atoms with E-state index < -0.39 is 9.84 Å². The van der Waals surface area contributed by atoms with Crippen molar-refractivity contribution in [3.05, 3.63) is 0 Å². The highest BCUT2D eigenvalue weighted by Gasteiger charge is 2.37. The molecule has 0 aromatic rings. The maximum absolute atomic E-state index is 11.8. The Morgan fingerprint density at radius 2 is 1.56 bits per heavy atom. The third kappa shape index (κ3) is 3.06. The zero-order chi connectivity index (χ0) is 13.3. The zero-order valence-electron chi connectivity index (χ0n) is 11.7. The highest BCUT2D eigenvalue weighted by molar-refractivity contribution is 7.91. The molecule has 5 heteroatoms. The van der Waals surface area contributed by atoms with Crippen LogP contribution < -0.4 is 5.43 Å². The number of hydrogen-bond acceptors (Lipinski definition) is 4. The van der Waals surface area contributed by atoms with Crippen LogP contribution in [0, 0.1) is 0 Å². The molecule has 1 N–H and O–H groups in total.